The van der Waals surface area contributed by atoms with Crippen molar-refractivity contribution in [3.8, 4) is 6.07 Å². The number of nitrogens with zero attached hydrogens (tertiary/aromatic N) is 4. The molecule has 0 unspecified atom stereocenters. The number of rotatable bonds is 7. The molecule has 2 aromatic carbocycles. The highest BCUT2D eigenvalue weighted by atomic mass is 35.5. The van der Waals surface area contributed by atoms with Crippen molar-refractivity contribution in [2.75, 3.05) is 43.0 Å². The van der Waals surface area contributed by atoms with Crippen molar-refractivity contribution in [3.05, 3.63) is 63.2 Å². The van der Waals surface area contributed by atoms with E-state index in [-0.39, 0.29) is 35.9 Å². The molecule has 2 aliphatic rings. The number of carbonyl (C=O) groups excluding carboxylic acids is 1. The van der Waals surface area contributed by atoms with E-state index in [9.17, 15) is 14.9 Å². The molecule has 0 atom stereocenters. The summed E-state index contributed by atoms with van der Waals surface area (Å²) in [6.07, 6.45) is 3.41. The monoisotopic (exact) mass is 497 g/mol. The fourth-order valence-electron chi connectivity index (χ4n) is 4.63. The quantitative estimate of drug-likeness (QED) is 0.450. The van der Waals surface area contributed by atoms with Crippen molar-refractivity contribution in [2.45, 2.75) is 37.8 Å². The van der Waals surface area contributed by atoms with Crippen LogP contribution < -0.4 is 10.2 Å². The molecule has 0 bridgehead atoms. The van der Waals surface area contributed by atoms with E-state index in [1.54, 1.807) is 6.07 Å². The summed E-state index contributed by atoms with van der Waals surface area (Å²) >= 11 is 5.96. The summed E-state index contributed by atoms with van der Waals surface area (Å²) < 4.78 is 5.93. The zero-order valence-corrected chi connectivity index (χ0v) is 20.1. The Morgan fingerprint density at radius 2 is 1.80 bits per heavy atom. The van der Waals surface area contributed by atoms with Crippen LogP contribution in [-0.4, -0.2) is 60.7 Å². The molecule has 10 heteroatoms. The third kappa shape index (κ3) is 6.41. The van der Waals surface area contributed by atoms with E-state index in [0.717, 1.165) is 44.5 Å². The molecule has 0 spiro atoms. The van der Waals surface area contributed by atoms with Crippen LogP contribution in [0.1, 0.15) is 31.2 Å². The third-order valence-electron chi connectivity index (χ3n) is 6.63. The van der Waals surface area contributed by atoms with Gasteiger partial charge in [0.1, 0.15) is 18.2 Å². The maximum absolute atomic E-state index is 12.6. The number of nitrogens with one attached hydrogen (secondary N) is 1. The first-order valence-corrected chi connectivity index (χ1v) is 12.2. The van der Waals surface area contributed by atoms with Crippen molar-refractivity contribution in [1.82, 2.24) is 4.90 Å². The lowest BCUT2D eigenvalue weighted by Gasteiger charge is -2.36. The summed E-state index contributed by atoms with van der Waals surface area (Å²) in [5, 5.41) is 24.2. The van der Waals surface area contributed by atoms with Crippen molar-refractivity contribution in [3.63, 3.8) is 0 Å². The molecule has 1 aliphatic heterocycles. The zero-order valence-electron chi connectivity index (χ0n) is 19.4. The second kappa shape index (κ2) is 11.4. The Labute approximate surface area is 209 Å². The third-order valence-corrected chi connectivity index (χ3v) is 6.88. The van der Waals surface area contributed by atoms with Gasteiger partial charge in [0, 0.05) is 54.7 Å². The minimum Gasteiger partial charge on any atom is -0.382 e. The normalized spacial score (nSPS) is 20.2. The summed E-state index contributed by atoms with van der Waals surface area (Å²) in [6, 6.07) is 14.3. The smallest absolute Gasteiger partial charge is 0.287 e. The molecule has 1 aliphatic carbocycles. The topological polar surface area (TPSA) is 112 Å². The molecule has 4 rings (SSSR count). The van der Waals surface area contributed by atoms with Crippen LogP contribution >= 0.6 is 11.6 Å². The highest BCUT2D eigenvalue weighted by Crippen LogP contribution is 2.27. The summed E-state index contributed by atoms with van der Waals surface area (Å²) in [7, 11) is 0. The maximum atomic E-state index is 12.6. The number of carbonyl (C=O) groups is 1. The number of nitriles is 1. The van der Waals surface area contributed by atoms with Crippen LogP contribution in [0.3, 0.4) is 0 Å². The Bertz CT molecular complexity index is 1090. The van der Waals surface area contributed by atoms with Crippen molar-refractivity contribution < 1.29 is 14.5 Å². The summed E-state index contributed by atoms with van der Waals surface area (Å²) in [4.78, 5) is 27.2. The van der Waals surface area contributed by atoms with Gasteiger partial charge in [-0.25, -0.2) is 0 Å². The Morgan fingerprint density at radius 3 is 2.43 bits per heavy atom. The van der Waals surface area contributed by atoms with Crippen LogP contribution in [0.2, 0.25) is 5.02 Å². The molecule has 1 saturated carbocycles. The second-order valence-corrected chi connectivity index (χ2v) is 9.31. The molecule has 0 radical (unpaired) electrons. The van der Waals surface area contributed by atoms with E-state index in [0.29, 0.717) is 23.8 Å². The van der Waals surface area contributed by atoms with Gasteiger partial charge in [0.2, 0.25) is 5.91 Å². The van der Waals surface area contributed by atoms with Crippen LogP contribution in [0.5, 0.6) is 0 Å². The average Bonchev–Trinajstić information content (AvgIpc) is 2.88. The highest BCUT2D eigenvalue weighted by Gasteiger charge is 2.25. The number of anilines is 2. The number of nitro benzene ring substituents is 1. The van der Waals surface area contributed by atoms with Crippen molar-refractivity contribution in [2.24, 2.45) is 0 Å². The van der Waals surface area contributed by atoms with Gasteiger partial charge < -0.3 is 19.9 Å². The first kappa shape index (κ1) is 24.8. The Kier molecular flexibility index (Phi) is 8.06. The molecule has 9 nitrogen and oxygen atoms in total. The molecule has 35 heavy (non-hydrogen) atoms. The second-order valence-electron chi connectivity index (χ2n) is 8.87. The molecule has 184 valence electrons. The van der Waals surface area contributed by atoms with Gasteiger partial charge in [0.25, 0.3) is 5.69 Å². The van der Waals surface area contributed by atoms with Gasteiger partial charge in [-0.15, -0.1) is 0 Å². The molecule has 1 saturated heterocycles. The van der Waals surface area contributed by atoms with Crippen molar-refractivity contribution >= 4 is 34.6 Å². The summed E-state index contributed by atoms with van der Waals surface area (Å²) in [5.41, 5.74) is 1.67. The lowest BCUT2D eigenvalue weighted by molar-refractivity contribution is -0.385. The molecule has 1 amide bonds. The fourth-order valence-corrected chi connectivity index (χ4v) is 4.76. The summed E-state index contributed by atoms with van der Waals surface area (Å²) in [6.45, 7) is 2.99. The van der Waals surface area contributed by atoms with E-state index in [2.05, 4.69) is 10.2 Å². The van der Waals surface area contributed by atoms with Gasteiger partial charge >= 0.3 is 0 Å². The number of amides is 1. The van der Waals surface area contributed by atoms with Crippen molar-refractivity contribution in [1.29, 1.82) is 5.26 Å². The van der Waals surface area contributed by atoms with E-state index in [1.807, 2.05) is 35.2 Å². The molecule has 1 heterocycles. The highest BCUT2D eigenvalue weighted by molar-refractivity contribution is 6.30. The number of halogens is 1. The molecular formula is C25H28ClN5O4. The van der Waals surface area contributed by atoms with Gasteiger partial charge in [0.15, 0.2) is 0 Å². The molecular weight excluding hydrogens is 470 g/mol. The van der Waals surface area contributed by atoms with E-state index < -0.39 is 4.92 Å². The van der Waals surface area contributed by atoms with Gasteiger partial charge in [-0.05, 0) is 62.1 Å². The van der Waals surface area contributed by atoms with Gasteiger partial charge in [-0.2, -0.15) is 5.26 Å². The number of hydrogen-bond acceptors (Lipinski definition) is 7. The molecule has 2 fully saturated rings. The number of piperazine rings is 1. The Morgan fingerprint density at radius 1 is 1.11 bits per heavy atom. The van der Waals surface area contributed by atoms with Crippen LogP contribution in [0.25, 0.3) is 0 Å². The van der Waals surface area contributed by atoms with E-state index in [4.69, 9.17) is 21.6 Å². The van der Waals surface area contributed by atoms with Crippen LogP contribution in [0, 0.1) is 21.4 Å². The van der Waals surface area contributed by atoms with Gasteiger partial charge in [-0.3, -0.25) is 14.9 Å². The van der Waals surface area contributed by atoms with E-state index >= 15 is 0 Å². The fraction of sp³-hybridized carbons (Fsp3) is 0.440. The maximum Gasteiger partial charge on any atom is 0.287 e. The van der Waals surface area contributed by atoms with E-state index in [1.165, 1.54) is 12.1 Å². The summed E-state index contributed by atoms with van der Waals surface area (Å²) in [5.74, 6) is 0.0240. The lowest BCUT2D eigenvalue weighted by Crippen LogP contribution is -2.50. The molecule has 2 aromatic rings. The number of hydrogen-bond donors (Lipinski definition) is 1. The minimum absolute atomic E-state index is 0.0240. The SMILES string of the molecule is N#Cc1cc(NC2CCC(OCC(=O)N3CCN(c4ccc(Cl)cc4)CC3)CC2)ccc1[N+](=O)[O-]. The van der Waals surface area contributed by atoms with Gasteiger partial charge in [-0.1, -0.05) is 11.6 Å². The molecule has 0 aromatic heterocycles. The van der Waals surface area contributed by atoms with Crippen LogP contribution in [0.4, 0.5) is 17.1 Å². The number of ether oxygens (including phenoxy) is 1. The van der Waals surface area contributed by atoms with Crippen LogP contribution in [0.15, 0.2) is 42.5 Å². The first-order valence-electron chi connectivity index (χ1n) is 11.8. The van der Waals surface area contributed by atoms with Gasteiger partial charge in [0.05, 0.1) is 11.0 Å². The Hall–Kier alpha value is -3.35. The lowest BCUT2D eigenvalue weighted by atomic mass is 9.92. The van der Waals surface area contributed by atoms with Crippen LogP contribution in [-0.2, 0) is 9.53 Å². The predicted molar refractivity (Wildman–Crippen MR) is 134 cm³/mol. The zero-order chi connectivity index (χ0) is 24.8. The first-order chi connectivity index (χ1) is 16.9. The number of nitro groups is 1. The largest absolute Gasteiger partial charge is 0.382 e. The standard InChI is InChI=1S/C25H28ClN5O4/c26-19-1-6-22(7-2-19)29-11-13-30(14-12-29)25(32)17-35-23-8-3-20(4-9-23)28-21-5-10-24(31(33)34)18(15-21)16-27/h1-2,5-7,10,15,20,23,28H,3-4,8-9,11-14,17H2. The average molecular weight is 498 g/mol. The minimum atomic E-state index is -0.550. The Balaban J connectivity index is 1.17. The molecule has 1 N–H and O–H groups in total. The predicted octanol–water partition coefficient (Wildman–Crippen LogP) is 4.21. The number of benzene rings is 2.